The molecule has 0 fully saturated rings. The van der Waals surface area contributed by atoms with Crippen LogP contribution in [0.5, 0.6) is 0 Å². The van der Waals surface area contributed by atoms with Crippen molar-refractivity contribution in [1.29, 1.82) is 0 Å². The molecule has 5 heteroatoms. The van der Waals surface area contributed by atoms with Crippen LogP contribution in [0.4, 0.5) is 5.95 Å². The highest BCUT2D eigenvalue weighted by molar-refractivity contribution is 5.93. The summed E-state index contributed by atoms with van der Waals surface area (Å²) >= 11 is 0. The Morgan fingerprint density at radius 3 is 2.52 bits per heavy atom. The first kappa shape index (κ1) is 17.2. The number of nitrogens with zero attached hydrogens (tertiary/aromatic N) is 5. The van der Waals surface area contributed by atoms with Gasteiger partial charge in [0.15, 0.2) is 0 Å². The summed E-state index contributed by atoms with van der Waals surface area (Å²) in [5.41, 5.74) is 3.06. The maximum absolute atomic E-state index is 4.90. The van der Waals surface area contributed by atoms with Crippen LogP contribution in [0.15, 0.2) is 67.0 Å². The molecule has 4 rings (SSSR count). The number of hydrogen-bond acceptors (Lipinski definition) is 4. The second kappa shape index (κ2) is 7.58. The molecule has 4 aromatic rings. The number of imidazole rings is 1. The van der Waals surface area contributed by atoms with Gasteiger partial charge < -0.3 is 9.47 Å². The quantitative estimate of drug-likeness (QED) is 0.515. The number of para-hydroxylation sites is 1. The molecule has 0 saturated heterocycles. The van der Waals surface area contributed by atoms with Crippen LogP contribution < -0.4 is 4.90 Å². The lowest BCUT2D eigenvalue weighted by Gasteiger charge is -2.19. The van der Waals surface area contributed by atoms with Gasteiger partial charge in [-0.2, -0.15) is 0 Å². The van der Waals surface area contributed by atoms with Crippen molar-refractivity contribution in [2.24, 2.45) is 0 Å². The maximum Gasteiger partial charge on any atom is 0.226 e. The van der Waals surface area contributed by atoms with Crippen LogP contribution in [0.1, 0.15) is 12.2 Å². The van der Waals surface area contributed by atoms with E-state index in [1.807, 2.05) is 49.6 Å². The Balaban J connectivity index is 1.60. The van der Waals surface area contributed by atoms with E-state index in [4.69, 9.17) is 9.97 Å². The van der Waals surface area contributed by atoms with Crippen molar-refractivity contribution in [3.8, 4) is 11.3 Å². The maximum atomic E-state index is 4.90. The van der Waals surface area contributed by atoms with E-state index in [9.17, 15) is 0 Å². The fourth-order valence-electron chi connectivity index (χ4n) is 3.27. The Labute approximate surface area is 159 Å². The number of anilines is 1. The monoisotopic (exact) mass is 357 g/mol. The molecule has 0 radical (unpaired) electrons. The van der Waals surface area contributed by atoms with Gasteiger partial charge in [0.05, 0.1) is 11.2 Å². The number of hydrogen-bond donors (Lipinski definition) is 0. The largest absolute Gasteiger partial charge is 0.344 e. The molecule has 0 spiro atoms. The zero-order valence-corrected chi connectivity index (χ0v) is 15.7. The van der Waals surface area contributed by atoms with E-state index in [1.54, 1.807) is 0 Å². The zero-order valence-electron chi connectivity index (χ0n) is 15.7. The summed E-state index contributed by atoms with van der Waals surface area (Å²) < 4.78 is 2.17. The molecule has 0 bridgehead atoms. The van der Waals surface area contributed by atoms with Gasteiger partial charge in [0, 0.05) is 43.5 Å². The Kier molecular flexibility index (Phi) is 4.83. The first-order valence-electron chi connectivity index (χ1n) is 9.23. The fourth-order valence-corrected chi connectivity index (χ4v) is 3.27. The average Bonchev–Trinajstić information content (AvgIpc) is 3.12. The summed E-state index contributed by atoms with van der Waals surface area (Å²) in [5.74, 6) is 1.81. The molecule has 27 heavy (non-hydrogen) atoms. The molecule has 0 atom stereocenters. The van der Waals surface area contributed by atoms with E-state index < -0.39 is 0 Å². The van der Waals surface area contributed by atoms with Gasteiger partial charge in [-0.3, -0.25) is 0 Å². The standard InChI is InChI=1S/C22H23N5/c1-17-23-13-16-27(17)15-8-14-26(2)22-24-20-12-7-6-11-19(20)21(25-22)18-9-4-3-5-10-18/h3-7,9-13,16H,8,14-15H2,1-2H3. The molecule has 0 N–H and O–H groups in total. The number of benzene rings is 2. The van der Waals surface area contributed by atoms with Crippen molar-refractivity contribution in [1.82, 2.24) is 19.5 Å². The summed E-state index contributed by atoms with van der Waals surface area (Å²) in [7, 11) is 2.06. The first-order chi connectivity index (χ1) is 13.2. The molecule has 0 unspecified atom stereocenters. The van der Waals surface area contributed by atoms with Gasteiger partial charge >= 0.3 is 0 Å². The van der Waals surface area contributed by atoms with Gasteiger partial charge in [-0.15, -0.1) is 0 Å². The molecule has 0 saturated carbocycles. The van der Waals surface area contributed by atoms with Crippen molar-refractivity contribution in [2.45, 2.75) is 19.9 Å². The van der Waals surface area contributed by atoms with Crippen molar-refractivity contribution >= 4 is 16.9 Å². The lowest BCUT2D eigenvalue weighted by molar-refractivity contribution is 0.619. The van der Waals surface area contributed by atoms with E-state index in [0.29, 0.717) is 0 Å². The topological polar surface area (TPSA) is 46.8 Å². The summed E-state index contributed by atoms with van der Waals surface area (Å²) in [4.78, 5) is 16.1. The summed E-state index contributed by atoms with van der Waals surface area (Å²) in [6.07, 6.45) is 4.87. The summed E-state index contributed by atoms with van der Waals surface area (Å²) in [6, 6.07) is 18.5. The van der Waals surface area contributed by atoms with Crippen molar-refractivity contribution in [3.05, 3.63) is 72.8 Å². The summed E-state index contributed by atoms with van der Waals surface area (Å²) in [6.45, 7) is 3.85. The predicted molar refractivity (Wildman–Crippen MR) is 110 cm³/mol. The van der Waals surface area contributed by atoms with E-state index in [2.05, 4.69) is 45.8 Å². The minimum absolute atomic E-state index is 0.759. The Morgan fingerprint density at radius 1 is 0.963 bits per heavy atom. The van der Waals surface area contributed by atoms with Crippen LogP contribution in [0.25, 0.3) is 22.2 Å². The highest BCUT2D eigenvalue weighted by Crippen LogP contribution is 2.27. The molecular formula is C22H23N5. The highest BCUT2D eigenvalue weighted by atomic mass is 15.2. The van der Waals surface area contributed by atoms with Gasteiger partial charge in [-0.1, -0.05) is 48.5 Å². The molecule has 2 aromatic carbocycles. The minimum Gasteiger partial charge on any atom is -0.344 e. The number of aromatic nitrogens is 4. The van der Waals surface area contributed by atoms with Crippen LogP contribution in [-0.4, -0.2) is 33.1 Å². The third-order valence-electron chi connectivity index (χ3n) is 4.80. The average molecular weight is 357 g/mol. The van der Waals surface area contributed by atoms with Gasteiger partial charge in [0.1, 0.15) is 5.82 Å². The predicted octanol–water partition coefficient (Wildman–Crippen LogP) is 4.33. The summed E-state index contributed by atoms with van der Waals surface area (Å²) in [5, 5.41) is 1.08. The van der Waals surface area contributed by atoms with E-state index in [-0.39, 0.29) is 0 Å². The number of fused-ring (bicyclic) bond motifs is 1. The second-order valence-electron chi connectivity index (χ2n) is 6.70. The first-order valence-corrected chi connectivity index (χ1v) is 9.23. The SMILES string of the molecule is Cc1nccn1CCCN(C)c1nc(-c2ccccc2)c2ccccc2n1. The zero-order chi connectivity index (χ0) is 18.6. The molecule has 0 amide bonds. The lowest BCUT2D eigenvalue weighted by Crippen LogP contribution is -2.22. The smallest absolute Gasteiger partial charge is 0.226 e. The Bertz CT molecular complexity index is 1040. The minimum atomic E-state index is 0.759. The molecule has 0 aliphatic heterocycles. The lowest BCUT2D eigenvalue weighted by atomic mass is 10.1. The van der Waals surface area contributed by atoms with Gasteiger partial charge in [-0.05, 0) is 19.4 Å². The third kappa shape index (κ3) is 3.67. The normalized spacial score (nSPS) is 11.0. The van der Waals surface area contributed by atoms with Crippen molar-refractivity contribution < 1.29 is 0 Å². The Hall–Kier alpha value is -3.21. The Morgan fingerprint density at radius 2 is 1.74 bits per heavy atom. The van der Waals surface area contributed by atoms with E-state index >= 15 is 0 Å². The molecule has 136 valence electrons. The number of aryl methyl sites for hydroxylation is 2. The van der Waals surface area contributed by atoms with Gasteiger partial charge in [0.2, 0.25) is 5.95 Å². The van der Waals surface area contributed by atoms with Crippen molar-refractivity contribution in [2.75, 3.05) is 18.5 Å². The fraction of sp³-hybridized carbons (Fsp3) is 0.227. The van der Waals surface area contributed by atoms with E-state index in [1.165, 1.54) is 0 Å². The third-order valence-corrected chi connectivity index (χ3v) is 4.80. The van der Waals surface area contributed by atoms with Crippen LogP contribution in [0.3, 0.4) is 0 Å². The van der Waals surface area contributed by atoms with Gasteiger partial charge in [0.25, 0.3) is 0 Å². The van der Waals surface area contributed by atoms with Crippen molar-refractivity contribution in [3.63, 3.8) is 0 Å². The highest BCUT2D eigenvalue weighted by Gasteiger charge is 2.12. The van der Waals surface area contributed by atoms with Crippen LogP contribution >= 0.6 is 0 Å². The van der Waals surface area contributed by atoms with Gasteiger partial charge in [-0.25, -0.2) is 15.0 Å². The second-order valence-corrected chi connectivity index (χ2v) is 6.70. The van der Waals surface area contributed by atoms with Crippen LogP contribution in [0.2, 0.25) is 0 Å². The van der Waals surface area contributed by atoms with Crippen LogP contribution in [0, 0.1) is 6.92 Å². The van der Waals surface area contributed by atoms with E-state index in [0.717, 1.165) is 53.4 Å². The molecule has 0 aliphatic carbocycles. The van der Waals surface area contributed by atoms with Crippen LogP contribution in [-0.2, 0) is 6.54 Å². The molecular weight excluding hydrogens is 334 g/mol. The number of rotatable bonds is 6. The molecule has 2 aromatic heterocycles. The molecule has 5 nitrogen and oxygen atoms in total. The molecule has 2 heterocycles. The molecule has 0 aliphatic rings.